The second-order valence-electron chi connectivity index (χ2n) is 6.78. The van der Waals surface area contributed by atoms with E-state index in [4.69, 9.17) is 0 Å². The average molecular weight is 410 g/mol. The van der Waals surface area contributed by atoms with Gasteiger partial charge >= 0.3 is 0 Å². The van der Waals surface area contributed by atoms with E-state index in [-0.39, 0.29) is 17.9 Å². The predicted molar refractivity (Wildman–Crippen MR) is 113 cm³/mol. The number of rotatable bonds is 2. The summed E-state index contributed by atoms with van der Waals surface area (Å²) in [6, 6.07) is 12.0. The first-order chi connectivity index (χ1) is 13.5. The molecule has 1 aromatic carbocycles. The first kappa shape index (κ1) is 17.3. The Kier molecular flexibility index (Phi) is 3.96. The number of carbonyl (C=O) groups is 1. The van der Waals surface area contributed by atoms with Crippen molar-refractivity contribution in [2.75, 3.05) is 10.2 Å². The van der Waals surface area contributed by atoms with Crippen LogP contribution in [0.25, 0.3) is 10.2 Å². The van der Waals surface area contributed by atoms with Crippen molar-refractivity contribution in [3.05, 3.63) is 74.7 Å². The summed E-state index contributed by atoms with van der Waals surface area (Å²) >= 11 is 2.98. The highest BCUT2D eigenvalue weighted by Crippen LogP contribution is 2.45. The van der Waals surface area contributed by atoms with Crippen molar-refractivity contribution >= 4 is 50.2 Å². The van der Waals surface area contributed by atoms with Crippen LogP contribution < -0.4 is 10.2 Å². The monoisotopic (exact) mass is 409 g/mol. The number of nitrogens with one attached hydrogen (secondary N) is 1. The van der Waals surface area contributed by atoms with Gasteiger partial charge in [-0.05, 0) is 61.2 Å². The summed E-state index contributed by atoms with van der Waals surface area (Å²) in [5, 5.41) is 6.56. The minimum absolute atomic E-state index is 0.0983. The van der Waals surface area contributed by atoms with Crippen LogP contribution in [0, 0.1) is 19.7 Å². The van der Waals surface area contributed by atoms with Crippen molar-refractivity contribution < 1.29 is 9.18 Å². The number of hydrogen-bond donors (Lipinski definition) is 1. The van der Waals surface area contributed by atoms with Gasteiger partial charge < -0.3 is 5.32 Å². The van der Waals surface area contributed by atoms with E-state index in [0.29, 0.717) is 10.6 Å². The van der Waals surface area contributed by atoms with Gasteiger partial charge in [-0.3, -0.25) is 9.69 Å². The molecule has 0 fully saturated rings. The fourth-order valence-electron chi connectivity index (χ4n) is 3.67. The molecule has 0 radical (unpaired) electrons. The molecule has 1 N–H and O–H groups in total. The van der Waals surface area contributed by atoms with Gasteiger partial charge in [0, 0.05) is 21.6 Å². The zero-order valence-electron chi connectivity index (χ0n) is 15.2. The maximum Gasteiger partial charge on any atom is 0.272 e. The molecule has 3 aromatic heterocycles. The van der Waals surface area contributed by atoms with Crippen LogP contribution in [0.3, 0.4) is 0 Å². The Bertz CT molecular complexity index is 1200. The Balaban J connectivity index is 1.73. The Labute approximate surface area is 169 Å². The molecule has 7 heteroatoms. The lowest BCUT2D eigenvalue weighted by molar-refractivity contribution is 0.0979. The number of thiophene rings is 2. The van der Waals surface area contributed by atoms with E-state index in [1.807, 2.05) is 37.4 Å². The molecule has 28 heavy (non-hydrogen) atoms. The summed E-state index contributed by atoms with van der Waals surface area (Å²) in [5.41, 5.74) is 3.52. The van der Waals surface area contributed by atoms with Crippen molar-refractivity contribution in [3.8, 4) is 0 Å². The van der Waals surface area contributed by atoms with E-state index in [0.717, 1.165) is 32.0 Å². The van der Waals surface area contributed by atoms with Gasteiger partial charge in [0.25, 0.3) is 5.91 Å². The third-order valence-corrected chi connectivity index (χ3v) is 6.85. The van der Waals surface area contributed by atoms with E-state index in [9.17, 15) is 9.18 Å². The molecular formula is C21H16FN3OS2. The maximum absolute atomic E-state index is 13.6. The molecule has 1 amide bonds. The molecule has 1 unspecified atom stereocenters. The first-order valence-corrected chi connectivity index (χ1v) is 10.5. The van der Waals surface area contributed by atoms with Gasteiger partial charge in [0.2, 0.25) is 0 Å². The van der Waals surface area contributed by atoms with Crippen molar-refractivity contribution in [2.45, 2.75) is 20.0 Å². The molecule has 1 aliphatic heterocycles. The number of aryl methyl sites for hydroxylation is 2. The normalized spacial score (nSPS) is 16.3. The SMILES string of the molecule is Cc1cc(C)c2c3c(sc2n1)C(=O)N(c1ccc(F)cc1)C(c1cccs1)N3. The highest BCUT2D eigenvalue weighted by Gasteiger charge is 2.37. The number of hydrogen-bond acceptors (Lipinski definition) is 5. The molecule has 4 heterocycles. The van der Waals surface area contributed by atoms with Crippen molar-refractivity contribution in [1.82, 2.24) is 4.98 Å². The molecule has 5 rings (SSSR count). The number of aromatic nitrogens is 1. The fourth-order valence-corrected chi connectivity index (χ4v) is 5.63. The number of fused-ring (bicyclic) bond motifs is 3. The van der Waals surface area contributed by atoms with Gasteiger partial charge in [-0.1, -0.05) is 6.07 Å². The molecule has 4 nitrogen and oxygen atoms in total. The van der Waals surface area contributed by atoms with Gasteiger partial charge in [-0.25, -0.2) is 9.37 Å². The predicted octanol–water partition coefficient (Wildman–Crippen LogP) is 5.88. The second kappa shape index (κ2) is 6.39. The Morgan fingerprint density at radius 3 is 2.68 bits per heavy atom. The summed E-state index contributed by atoms with van der Waals surface area (Å²) in [5.74, 6) is -0.425. The van der Waals surface area contributed by atoms with Crippen LogP contribution in [0.1, 0.15) is 32.0 Å². The second-order valence-corrected chi connectivity index (χ2v) is 8.76. The minimum Gasteiger partial charge on any atom is -0.359 e. The summed E-state index contributed by atoms with van der Waals surface area (Å²) in [6.07, 6.45) is -0.357. The molecular weight excluding hydrogens is 393 g/mol. The van der Waals surface area contributed by atoms with Gasteiger partial charge in [-0.2, -0.15) is 0 Å². The third-order valence-electron chi connectivity index (χ3n) is 4.86. The standard InChI is InChI=1S/C21H16FN3OS2/c1-11-10-12(2)23-20-16(11)17-18(28-20)21(26)25(14-7-5-13(22)6-8-14)19(24-17)15-4-3-9-27-15/h3-10,19,24H,1-2H3. The summed E-state index contributed by atoms with van der Waals surface area (Å²) in [7, 11) is 0. The van der Waals surface area contributed by atoms with Crippen LogP contribution in [0.5, 0.6) is 0 Å². The van der Waals surface area contributed by atoms with Crippen LogP contribution in [0.15, 0.2) is 47.8 Å². The van der Waals surface area contributed by atoms with Crippen molar-refractivity contribution in [2.24, 2.45) is 0 Å². The van der Waals surface area contributed by atoms with E-state index < -0.39 is 0 Å². The van der Waals surface area contributed by atoms with Crippen LogP contribution >= 0.6 is 22.7 Å². The molecule has 0 aliphatic carbocycles. The molecule has 1 aliphatic rings. The lowest BCUT2D eigenvalue weighted by Crippen LogP contribution is -2.42. The van der Waals surface area contributed by atoms with E-state index in [2.05, 4.69) is 10.3 Å². The Morgan fingerprint density at radius 2 is 1.96 bits per heavy atom. The molecule has 0 spiro atoms. The Hall–Kier alpha value is -2.77. The van der Waals surface area contributed by atoms with E-state index in [1.165, 1.54) is 23.5 Å². The van der Waals surface area contributed by atoms with Crippen molar-refractivity contribution in [1.29, 1.82) is 0 Å². The number of amides is 1. The highest BCUT2D eigenvalue weighted by molar-refractivity contribution is 7.21. The number of anilines is 2. The van der Waals surface area contributed by atoms with Crippen LogP contribution in [-0.4, -0.2) is 10.9 Å². The fraction of sp³-hybridized carbons (Fsp3) is 0.143. The van der Waals surface area contributed by atoms with Gasteiger partial charge in [-0.15, -0.1) is 22.7 Å². The zero-order chi connectivity index (χ0) is 19.4. The Morgan fingerprint density at radius 1 is 1.18 bits per heavy atom. The minimum atomic E-state index is -0.357. The average Bonchev–Trinajstić information content (AvgIpc) is 3.30. The third kappa shape index (κ3) is 2.62. The number of halogens is 1. The van der Waals surface area contributed by atoms with Crippen LogP contribution in [-0.2, 0) is 0 Å². The van der Waals surface area contributed by atoms with Crippen LogP contribution in [0.2, 0.25) is 0 Å². The van der Waals surface area contributed by atoms with Gasteiger partial charge in [0.1, 0.15) is 21.7 Å². The summed E-state index contributed by atoms with van der Waals surface area (Å²) < 4.78 is 13.5. The van der Waals surface area contributed by atoms with E-state index >= 15 is 0 Å². The molecule has 0 saturated heterocycles. The number of pyridine rings is 1. The molecule has 0 saturated carbocycles. The number of carbonyl (C=O) groups excluding carboxylic acids is 1. The van der Waals surface area contributed by atoms with Crippen molar-refractivity contribution in [3.63, 3.8) is 0 Å². The highest BCUT2D eigenvalue weighted by atomic mass is 32.1. The van der Waals surface area contributed by atoms with Crippen LogP contribution in [0.4, 0.5) is 15.8 Å². The molecule has 4 aromatic rings. The molecule has 140 valence electrons. The molecule has 0 bridgehead atoms. The quantitative estimate of drug-likeness (QED) is 0.449. The topological polar surface area (TPSA) is 45.2 Å². The summed E-state index contributed by atoms with van der Waals surface area (Å²) in [6.45, 7) is 4.00. The zero-order valence-corrected chi connectivity index (χ0v) is 16.8. The number of nitrogens with zero attached hydrogens (tertiary/aromatic N) is 2. The van der Waals surface area contributed by atoms with Gasteiger partial charge in [0.05, 0.1) is 5.69 Å². The summed E-state index contributed by atoms with van der Waals surface area (Å²) in [4.78, 5) is 22.4. The first-order valence-electron chi connectivity index (χ1n) is 8.83. The lowest BCUT2D eigenvalue weighted by atomic mass is 10.1. The number of benzene rings is 1. The maximum atomic E-state index is 13.6. The van der Waals surface area contributed by atoms with Gasteiger partial charge in [0.15, 0.2) is 0 Å². The van der Waals surface area contributed by atoms with E-state index in [1.54, 1.807) is 28.4 Å². The molecule has 1 atom stereocenters. The largest absolute Gasteiger partial charge is 0.359 e. The lowest BCUT2D eigenvalue weighted by Gasteiger charge is -2.36. The smallest absolute Gasteiger partial charge is 0.272 e.